The number of hydrogen-bond donors (Lipinski definition) is 2. The average Bonchev–Trinajstić information content (AvgIpc) is 3.40. The van der Waals surface area contributed by atoms with Crippen LogP contribution in [0.1, 0.15) is 45.4 Å². The van der Waals surface area contributed by atoms with Crippen molar-refractivity contribution in [2.75, 3.05) is 24.5 Å². The van der Waals surface area contributed by atoms with Gasteiger partial charge in [0.15, 0.2) is 10.8 Å². The van der Waals surface area contributed by atoms with Crippen LogP contribution in [0.4, 0.5) is 5.13 Å². The number of carbonyl (C=O) groups excluding carboxylic acids is 2. The largest absolute Gasteiger partial charge is 0.356 e. The molecule has 162 valence electrons. The third-order valence-corrected chi connectivity index (χ3v) is 6.91. The lowest BCUT2D eigenvalue weighted by Gasteiger charge is -2.31. The number of carbonyl (C=O) groups is 2. The van der Waals surface area contributed by atoms with E-state index in [-0.39, 0.29) is 35.9 Å². The van der Waals surface area contributed by atoms with Crippen LogP contribution in [0, 0.1) is 5.92 Å². The van der Waals surface area contributed by atoms with E-state index in [1.165, 1.54) is 22.2 Å². The van der Waals surface area contributed by atoms with Crippen molar-refractivity contribution in [1.29, 1.82) is 0 Å². The normalized spacial score (nSPS) is 19.9. The molecule has 1 aliphatic heterocycles. The van der Waals surface area contributed by atoms with Crippen LogP contribution in [0.15, 0.2) is 11.1 Å². The minimum atomic E-state index is -0.248. The lowest BCUT2D eigenvalue weighted by molar-refractivity contribution is -0.125. The number of hydrogen-bond acceptors (Lipinski definition) is 7. The van der Waals surface area contributed by atoms with Gasteiger partial charge in [0.25, 0.3) is 5.56 Å². The molecule has 2 amide bonds. The zero-order valence-corrected chi connectivity index (χ0v) is 18.0. The number of piperidine rings is 1. The van der Waals surface area contributed by atoms with Crippen LogP contribution in [0.3, 0.4) is 0 Å². The maximum Gasteiger partial charge on any atom is 0.273 e. The summed E-state index contributed by atoms with van der Waals surface area (Å²) in [6.07, 6.45) is 7.44. The monoisotopic (exact) mass is 432 g/mol. The van der Waals surface area contributed by atoms with E-state index in [9.17, 15) is 14.4 Å². The number of rotatable bonds is 6. The van der Waals surface area contributed by atoms with Gasteiger partial charge in [-0.3, -0.25) is 19.0 Å². The van der Waals surface area contributed by atoms with Crippen LogP contribution in [-0.2, 0) is 16.1 Å². The molecule has 1 saturated carbocycles. The van der Waals surface area contributed by atoms with E-state index in [1.54, 1.807) is 0 Å². The smallest absolute Gasteiger partial charge is 0.273 e. The summed E-state index contributed by atoms with van der Waals surface area (Å²) in [4.78, 5) is 48.3. The predicted molar refractivity (Wildman–Crippen MR) is 116 cm³/mol. The van der Waals surface area contributed by atoms with E-state index < -0.39 is 0 Å². The van der Waals surface area contributed by atoms with E-state index in [0.29, 0.717) is 28.6 Å². The van der Waals surface area contributed by atoms with Crippen molar-refractivity contribution in [1.82, 2.24) is 25.2 Å². The second kappa shape index (κ2) is 9.11. The van der Waals surface area contributed by atoms with Crippen LogP contribution in [0.2, 0.25) is 0 Å². The molecule has 4 rings (SSSR count). The Morgan fingerprint density at radius 3 is 2.80 bits per heavy atom. The number of thiazole rings is 1. The van der Waals surface area contributed by atoms with E-state index in [4.69, 9.17) is 0 Å². The second-order valence-electron chi connectivity index (χ2n) is 8.06. The molecule has 2 aromatic rings. The highest BCUT2D eigenvalue weighted by atomic mass is 32.1. The Morgan fingerprint density at radius 1 is 1.23 bits per heavy atom. The van der Waals surface area contributed by atoms with Gasteiger partial charge in [-0.2, -0.15) is 4.98 Å². The minimum absolute atomic E-state index is 0.0332. The minimum Gasteiger partial charge on any atom is -0.356 e. The molecule has 2 aliphatic rings. The third kappa shape index (κ3) is 4.48. The number of nitrogens with one attached hydrogen (secondary N) is 2. The number of aromatic nitrogens is 3. The van der Waals surface area contributed by atoms with E-state index in [2.05, 4.69) is 25.5 Å². The van der Waals surface area contributed by atoms with Gasteiger partial charge in [0.2, 0.25) is 11.8 Å². The zero-order chi connectivity index (χ0) is 21.1. The molecule has 3 heterocycles. The number of fused-ring (bicyclic) bond motifs is 1. The molecule has 30 heavy (non-hydrogen) atoms. The molecule has 1 unspecified atom stereocenters. The first-order valence-corrected chi connectivity index (χ1v) is 11.5. The van der Waals surface area contributed by atoms with Crippen LogP contribution >= 0.6 is 11.3 Å². The Labute approximate surface area is 178 Å². The maximum atomic E-state index is 12.9. The SMILES string of the molecule is CCNC(=O)C1CCCN(c2nc3ncn(CC(=O)NC4CCCC4)c(=O)c3s2)C1. The van der Waals surface area contributed by atoms with Crippen molar-refractivity contribution < 1.29 is 9.59 Å². The first-order valence-electron chi connectivity index (χ1n) is 10.7. The molecule has 0 bridgehead atoms. The highest BCUT2D eigenvalue weighted by molar-refractivity contribution is 7.22. The topological polar surface area (TPSA) is 109 Å². The van der Waals surface area contributed by atoms with Crippen LogP contribution < -0.4 is 21.1 Å². The molecule has 0 aromatic carbocycles. The molecule has 9 nitrogen and oxygen atoms in total. The summed E-state index contributed by atoms with van der Waals surface area (Å²) in [6.45, 7) is 3.89. The molecule has 10 heteroatoms. The predicted octanol–water partition coefficient (Wildman–Crippen LogP) is 1.26. The summed E-state index contributed by atoms with van der Waals surface area (Å²) >= 11 is 1.29. The van der Waals surface area contributed by atoms with E-state index in [0.717, 1.165) is 45.1 Å². The fraction of sp³-hybridized carbons (Fsp3) is 0.650. The lowest BCUT2D eigenvalue weighted by atomic mass is 9.97. The van der Waals surface area contributed by atoms with Crippen molar-refractivity contribution in [2.24, 2.45) is 5.92 Å². The maximum absolute atomic E-state index is 12.9. The summed E-state index contributed by atoms with van der Waals surface area (Å²) in [7, 11) is 0. The number of amides is 2. The van der Waals surface area contributed by atoms with E-state index in [1.807, 2.05) is 6.92 Å². The fourth-order valence-electron chi connectivity index (χ4n) is 4.26. The van der Waals surface area contributed by atoms with Gasteiger partial charge in [0.05, 0.1) is 5.92 Å². The van der Waals surface area contributed by atoms with Crippen molar-refractivity contribution in [3.63, 3.8) is 0 Å². The Balaban J connectivity index is 1.48. The molecule has 2 aromatic heterocycles. The van der Waals surface area contributed by atoms with Gasteiger partial charge in [0.1, 0.15) is 17.6 Å². The van der Waals surface area contributed by atoms with Crippen molar-refractivity contribution in [2.45, 2.75) is 58.0 Å². The molecule has 2 fully saturated rings. The molecule has 2 N–H and O–H groups in total. The Kier molecular flexibility index (Phi) is 6.31. The third-order valence-electron chi connectivity index (χ3n) is 5.82. The first kappa shape index (κ1) is 20.8. The molecular weight excluding hydrogens is 404 g/mol. The summed E-state index contributed by atoms with van der Waals surface area (Å²) < 4.78 is 1.80. The van der Waals surface area contributed by atoms with Crippen LogP contribution in [0.5, 0.6) is 0 Å². The molecule has 0 spiro atoms. The highest BCUT2D eigenvalue weighted by Crippen LogP contribution is 2.29. The number of nitrogens with zero attached hydrogens (tertiary/aromatic N) is 4. The van der Waals surface area contributed by atoms with Gasteiger partial charge in [-0.15, -0.1) is 0 Å². The molecule has 1 saturated heterocycles. The van der Waals surface area contributed by atoms with E-state index >= 15 is 0 Å². The number of anilines is 1. The summed E-state index contributed by atoms with van der Waals surface area (Å²) in [5, 5.41) is 6.59. The van der Waals surface area contributed by atoms with Gasteiger partial charge in [0, 0.05) is 25.7 Å². The quantitative estimate of drug-likeness (QED) is 0.711. The van der Waals surface area contributed by atoms with Gasteiger partial charge in [-0.1, -0.05) is 24.2 Å². The lowest BCUT2D eigenvalue weighted by Crippen LogP contribution is -2.43. The van der Waals surface area contributed by atoms with Gasteiger partial charge >= 0.3 is 0 Å². The van der Waals surface area contributed by atoms with Crippen LogP contribution in [0.25, 0.3) is 10.3 Å². The summed E-state index contributed by atoms with van der Waals surface area (Å²) in [5.41, 5.74) is 0.148. The Bertz CT molecular complexity index is 981. The van der Waals surface area contributed by atoms with Gasteiger partial charge in [-0.05, 0) is 32.6 Å². The standard InChI is InChI=1S/C20H28N6O3S/c1-2-21-18(28)13-6-5-9-25(10-13)20-24-17-16(30-20)19(29)26(12-22-17)11-15(27)23-14-7-3-4-8-14/h12-14H,2-11H2,1H3,(H,21,28)(H,23,27). The molecule has 1 aliphatic carbocycles. The van der Waals surface area contributed by atoms with Crippen molar-refractivity contribution in [3.05, 3.63) is 16.7 Å². The van der Waals surface area contributed by atoms with Gasteiger partial charge < -0.3 is 15.5 Å². The Hall–Kier alpha value is -2.49. The molecule has 0 radical (unpaired) electrons. The average molecular weight is 433 g/mol. The summed E-state index contributed by atoms with van der Waals surface area (Å²) in [5.74, 6) is -0.164. The van der Waals surface area contributed by atoms with Crippen molar-refractivity contribution >= 4 is 38.6 Å². The zero-order valence-electron chi connectivity index (χ0n) is 17.2. The molecular formula is C20H28N6O3S. The second-order valence-corrected chi connectivity index (χ2v) is 9.03. The Morgan fingerprint density at radius 2 is 2.03 bits per heavy atom. The van der Waals surface area contributed by atoms with Crippen molar-refractivity contribution in [3.8, 4) is 0 Å². The fourth-order valence-corrected chi connectivity index (χ4v) is 5.27. The summed E-state index contributed by atoms with van der Waals surface area (Å²) in [6, 6.07) is 0.219. The van der Waals surface area contributed by atoms with Gasteiger partial charge in [-0.25, -0.2) is 4.98 Å². The van der Waals surface area contributed by atoms with Crippen LogP contribution in [-0.4, -0.2) is 52.0 Å². The molecule has 1 atom stereocenters. The highest BCUT2D eigenvalue weighted by Gasteiger charge is 2.27. The first-order chi connectivity index (χ1) is 14.5.